The molecule has 0 bridgehead atoms. The molecule has 0 aromatic heterocycles. The first-order chi connectivity index (χ1) is 7.74. The molecular formula is C15H32O. The summed E-state index contributed by atoms with van der Waals surface area (Å²) in [6.45, 7) is 7.39. The van der Waals surface area contributed by atoms with E-state index in [1.54, 1.807) is 0 Å². The van der Waals surface area contributed by atoms with Gasteiger partial charge in [-0.2, -0.15) is 0 Å². The molecule has 0 saturated heterocycles. The van der Waals surface area contributed by atoms with Crippen molar-refractivity contribution >= 4 is 0 Å². The maximum absolute atomic E-state index is 8.67. The highest BCUT2D eigenvalue weighted by molar-refractivity contribution is 4.74. The van der Waals surface area contributed by atoms with Gasteiger partial charge in [0.2, 0.25) is 0 Å². The number of aliphatic hydroxyl groups excluding tert-OH is 1. The van der Waals surface area contributed by atoms with E-state index in [4.69, 9.17) is 5.11 Å². The summed E-state index contributed by atoms with van der Waals surface area (Å²) in [5.74, 6) is 0. The van der Waals surface area contributed by atoms with E-state index in [0.717, 1.165) is 6.42 Å². The first-order valence-electron chi connectivity index (χ1n) is 7.35. The lowest BCUT2D eigenvalue weighted by molar-refractivity contribution is 0.219. The Morgan fingerprint density at radius 2 is 1.12 bits per heavy atom. The molecule has 0 heterocycles. The van der Waals surface area contributed by atoms with Crippen molar-refractivity contribution in [2.24, 2.45) is 5.41 Å². The molecule has 0 spiro atoms. The minimum Gasteiger partial charge on any atom is -0.396 e. The molecule has 16 heavy (non-hydrogen) atoms. The third-order valence-electron chi connectivity index (χ3n) is 4.37. The lowest BCUT2D eigenvalue weighted by Gasteiger charge is -2.30. The fraction of sp³-hybridized carbons (Fsp3) is 1.00. The van der Waals surface area contributed by atoms with Crippen LogP contribution in [-0.4, -0.2) is 11.7 Å². The van der Waals surface area contributed by atoms with Crippen molar-refractivity contribution in [3.63, 3.8) is 0 Å². The van der Waals surface area contributed by atoms with E-state index in [2.05, 4.69) is 20.8 Å². The summed E-state index contributed by atoms with van der Waals surface area (Å²) < 4.78 is 0. The van der Waals surface area contributed by atoms with Crippen LogP contribution in [0.15, 0.2) is 0 Å². The summed E-state index contributed by atoms with van der Waals surface area (Å²) in [4.78, 5) is 0. The standard InChI is InChI=1S/C15H32O/c1-4-15(5-2,6-3)13-11-9-7-8-10-12-14-16/h16H,4-14H2,1-3H3. The SMILES string of the molecule is CCC(CC)(CC)CCCCCCCCO. The van der Waals surface area contributed by atoms with Crippen molar-refractivity contribution in [2.75, 3.05) is 6.61 Å². The normalized spacial score (nSPS) is 12.0. The van der Waals surface area contributed by atoms with E-state index in [1.807, 2.05) is 0 Å². The van der Waals surface area contributed by atoms with Crippen molar-refractivity contribution in [2.45, 2.75) is 85.0 Å². The molecule has 0 fully saturated rings. The number of hydrogen-bond acceptors (Lipinski definition) is 1. The Morgan fingerprint density at radius 1 is 0.688 bits per heavy atom. The van der Waals surface area contributed by atoms with Gasteiger partial charge in [0.05, 0.1) is 0 Å². The first-order valence-corrected chi connectivity index (χ1v) is 7.35. The van der Waals surface area contributed by atoms with E-state index >= 15 is 0 Å². The van der Waals surface area contributed by atoms with E-state index in [1.165, 1.54) is 57.8 Å². The van der Waals surface area contributed by atoms with Gasteiger partial charge in [0, 0.05) is 6.61 Å². The van der Waals surface area contributed by atoms with Gasteiger partial charge in [-0.1, -0.05) is 72.1 Å². The Kier molecular flexibility index (Phi) is 10.1. The third kappa shape index (κ3) is 6.52. The minimum atomic E-state index is 0.366. The smallest absolute Gasteiger partial charge is 0.0431 e. The molecule has 1 nitrogen and oxygen atoms in total. The largest absolute Gasteiger partial charge is 0.396 e. The molecule has 0 rings (SSSR count). The molecule has 0 aliphatic heterocycles. The Balaban J connectivity index is 3.48. The predicted molar refractivity (Wildman–Crippen MR) is 72.7 cm³/mol. The summed E-state index contributed by atoms with van der Waals surface area (Å²) >= 11 is 0. The van der Waals surface area contributed by atoms with Gasteiger partial charge in [-0.3, -0.25) is 0 Å². The molecule has 0 atom stereocenters. The average Bonchev–Trinajstić information content (AvgIpc) is 2.34. The highest BCUT2D eigenvalue weighted by atomic mass is 16.2. The summed E-state index contributed by atoms with van der Waals surface area (Å²) in [7, 11) is 0. The van der Waals surface area contributed by atoms with Gasteiger partial charge >= 0.3 is 0 Å². The van der Waals surface area contributed by atoms with Crippen LogP contribution in [0.4, 0.5) is 0 Å². The van der Waals surface area contributed by atoms with Crippen LogP contribution in [-0.2, 0) is 0 Å². The molecule has 0 aromatic rings. The topological polar surface area (TPSA) is 20.2 Å². The summed E-state index contributed by atoms with van der Waals surface area (Å²) in [5, 5.41) is 8.67. The molecule has 98 valence electrons. The van der Waals surface area contributed by atoms with E-state index in [9.17, 15) is 0 Å². The van der Waals surface area contributed by atoms with Gasteiger partial charge in [-0.05, 0) is 18.3 Å². The Labute approximate surface area is 103 Å². The molecule has 0 saturated carbocycles. The number of aliphatic hydroxyl groups is 1. The second-order valence-corrected chi connectivity index (χ2v) is 5.16. The summed E-state index contributed by atoms with van der Waals surface area (Å²) in [6, 6.07) is 0. The van der Waals surface area contributed by atoms with Crippen molar-refractivity contribution in [3.8, 4) is 0 Å². The molecule has 1 heteroatoms. The van der Waals surface area contributed by atoms with Crippen molar-refractivity contribution in [1.29, 1.82) is 0 Å². The summed E-state index contributed by atoms with van der Waals surface area (Å²) in [5.41, 5.74) is 0.630. The van der Waals surface area contributed by atoms with Crippen LogP contribution in [0.5, 0.6) is 0 Å². The second kappa shape index (κ2) is 10.1. The van der Waals surface area contributed by atoms with Crippen LogP contribution < -0.4 is 0 Å². The van der Waals surface area contributed by atoms with Gasteiger partial charge in [-0.25, -0.2) is 0 Å². The number of rotatable bonds is 11. The number of unbranched alkanes of at least 4 members (excludes halogenated alkanes) is 5. The summed E-state index contributed by atoms with van der Waals surface area (Å²) in [6.07, 6.45) is 13.1. The highest BCUT2D eigenvalue weighted by Gasteiger charge is 2.22. The maximum atomic E-state index is 8.67. The molecule has 1 N–H and O–H groups in total. The van der Waals surface area contributed by atoms with Gasteiger partial charge in [-0.15, -0.1) is 0 Å². The molecule has 0 unspecified atom stereocenters. The molecule has 0 radical (unpaired) electrons. The lowest BCUT2D eigenvalue weighted by atomic mass is 9.75. The highest BCUT2D eigenvalue weighted by Crippen LogP contribution is 2.36. The third-order valence-corrected chi connectivity index (χ3v) is 4.37. The van der Waals surface area contributed by atoms with E-state index < -0.39 is 0 Å². The molecule has 0 amide bonds. The van der Waals surface area contributed by atoms with Gasteiger partial charge in [0.1, 0.15) is 0 Å². The first kappa shape index (κ1) is 16.0. The van der Waals surface area contributed by atoms with Crippen LogP contribution in [0.3, 0.4) is 0 Å². The van der Waals surface area contributed by atoms with Crippen molar-refractivity contribution in [3.05, 3.63) is 0 Å². The molecular weight excluding hydrogens is 196 g/mol. The Bertz CT molecular complexity index is 130. The Morgan fingerprint density at radius 3 is 1.56 bits per heavy atom. The quantitative estimate of drug-likeness (QED) is 0.497. The zero-order chi connectivity index (χ0) is 12.3. The van der Waals surface area contributed by atoms with Gasteiger partial charge in [0.25, 0.3) is 0 Å². The molecule has 0 aliphatic carbocycles. The number of hydrogen-bond donors (Lipinski definition) is 1. The average molecular weight is 228 g/mol. The van der Waals surface area contributed by atoms with Crippen LogP contribution in [0.25, 0.3) is 0 Å². The Hall–Kier alpha value is -0.0400. The predicted octanol–water partition coefficient (Wildman–Crippen LogP) is 4.93. The fourth-order valence-electron chi connectivity index (χ4n) is 2.60. The van der Waals surface area contributed by atoms with Gasteiger partial charge < -0.3 is 5.11 Å². The van der Waals surface area contributed by atoms with E-state index in [0.29, 0.717) is 12.0 Å². The van der Waals surface area contributed by atoms with Crippen LogP contribution >= 0.6 is 0 Å². The lowest BCUT2D eigenvalue weighted by Crippen LogP contribution is -2.17. The molecule has 0 aromatic carbocycles. The van der Waals surface area contributed by atoms with Crippen LogP contribution in [0.2, 0.25) is 0 Å². The van der Waals surface area contributed by atoms with E-state index in [-0.39, 0.29) is 0 Å². The maximum Gasteiger partial charge on any atom is 0.0431 e. The van der Waals surface area contributed by atoms with Crippen molar-refractivity contribution < 1.29 is 5.11 Å². The zero-order valence-corrected chi connectivity index (χ0v) is 11.7. The minimum absolute atomic E-state index is 0.366. The van der Waals surface area contributed by atoms with Gasteiger partial charge in [0.15, 0.2) is 0 Å². The molecule has 0 aliphatic rings. The fourth-order valence-corrected chi connectivity index (χ4v) is 2.60. The van der Waals surface area contributed by atoms with Crippen LogP contribution in [0.1, 0.15) is 85.0 Å². The van der Waals surface area contributed by atoms with Crippen LogP contribution in [0, 0.1) is 5.41 Å². The zero-order valence-electron chi connectivity index (χ0n) is 11.7. The van der Waals surface area contributed by atoms with Crippen molar-refractivity contribution in [1.82, 2.24) is 0 Å². The monoisotopic (exact) mass is 228 g/mol. The second-order valence-electron chi connectivity index (χ2n) is 5.16.